The Labute approximate surface area is 64.2 Å². The number of allylic oxidation sites excluding steroid dienone is 1. The molecule has 58 valence electrons. The van der Waals surface area contributed by atoms with Gasteiger partial charge in [0.15, 0.2) is 0 Å². The molecule has 10 heavy (non-hydrogen) atoms. The predicted molar refractivity (Wildman–Crippen MR) is 40.3 cm³/mol. The maximum atomic E-state index is 9.25. The van der Waals surface area contributed by atoms with Crippen LogP contribution in [0.5, 0.6) is 0 Å². The van der Waals surface area contributed by atoms with Crippen LogP contribution >= 0.6 is 11.6 Å². The highest BCUT2D eigenvalue weighted by atomic mass is 35.5. The van der Waals surface area contributed by atoms with Gasteiger partial charge in [-0.05, 0) is 0 Å². The third kappa shape index (κ3) is 27.8. The number of carboxylic acid groups (broad SMARTS) is 1. The largest absolute Gasteiger partial charge is 0.512 e. The molecule has 0 aliphatic rings. The van der Waals surface area contributed by atoms with E-state index in [4.69, 9.17) is 21.8 Å². The van der Waals surface area contributed by atoms with E-state index in [1.165, 1.54) is 0 Å². The minimum Gasteiger partial charge on any atom is -0.512 e. The van der Waals surface area contributed by atoms with E-state index in [9.17, 15) is 4.79 Å². The molecule has 2 N–H and O–H groups in total. The van der Waals surface area contributed by atoms with Crippen LogP contribution in [0.4, 0.5) is 0 Å². The second kappa shape index (κ2) is 8.04. The van der Waals surface area contributed by atoms with Crippen LogP contribution in [0.1, 0.15) is 0 Å². The van der Waals surface area contributed by atoms with Crippen molar-refractivity contribution < 1.29 is 15.0 Å². The van der Waals surface area contributed by atoms with Crippen molar-refractivity contribution in [3.8, 4) is 0 Å². The number of carboxylic acids is 1. The fourth-order valence-electron chi connectivity index (χ4n) is 0. The van der Waals surface area contributed by atoms with E-state index in [2.05, 4.69) is 13.2 Å². The van der Waals surface area contributed by atoms with Crippen LogP contribution in [0, 0.1) is 0 Å². The first kappa shape index (κ1) is 11.8. The van der Waals surface area contributed by atoms with Gasteiger partial charge < -0.3 is 10.2 Å². The van der Waals surface area contributed by atoms with Crippen LogP contribution in [0.15, 0.2) is 25.0 Å². The van der Waals surface area contributed by atoms with Crippen molar-refractivity contribution in [3.05, 3.63) is 25.0 Å². The normalized spacial score (nSPS) is 6.90. The van der Waals surface area contributed by atoms with E-state index < -0.39 is 5.97 Å². The average molecular weight is 165 g/mol. The molecule has 0 aromatic rings. The molecule has 0 aliphatic carbocycles. The van der Waals surface area contributed by atoms with E-state index in [-0.39, 0.29) is 11.6 Å². The lowest BCUT2D eigenvalue weighted by Gasteiger charge is -1.78. The lowest BCUT2D eigenvalue weighted by atomic mass is 10.7. The van der Waals surface area contributed by atoms with E-state index in [0.717, 1.165) is 6.08 Å². The van der Waals surface area contributed by atoms with Crippen LogP contribution in [0.2, 0.25) is 0 Å². The highest BCUT2D eigenvalue weighted by Gasteiger charge is 1.73. The standard InChI is InChI=1S/C3H5ClO.C3H4O2/c1-3(5)2-4;1-2-3(4)5/h5H,1-2H2;2H,1H2,(H,4,5). The summed E-state index contributed by atoms with van der Waals surface area (Å²) in [6.07, 6.45) is 0.833. The molecule has 0 heterocycles. The summed E-state index contributed by atoms with van der Waals surface area (Å²) in [5.41, 5.74) is 0. The second-order valence-corrected chi connectivity index (χ2v) is 1.51. The van der Waals surface area contributed by atoms with Gasteiger partial charge in [0.2, 0.25) is 0 Å². The summed E-state index contributed by atoms with van der Waals surface area (Å²) >= 11 is 4.99. The van der Waals surface area contributed by atoms with Crippen LogP contribution < -0.4 is 0 Å². The van der Waals surface area contributed by atoms with Gasteiger partial charge in [-0.3, -0.25) is 0 Å². The Kier molecular flexibility index (Phi) is 9.48. The van der Waals surface area contributed by atoms with E-state index in [1.54, 1.807) is 0 Å². The molecule has 0 amide bonds. The first-order valence-corrected chi connectivity index (χ1v) is 2.86. The summed E-state index contributed by atoms with van der Waals surface area (Å²) in [5, 5.41) is 15.6. The second-order valence-electron chi connectivity index (χ2n) is 1.24. The van der Waals surface area contributed by atoms with Crippen molar-refractivity contribution in [1.82, 2.24) is 0 Å². The van der Waals surface area contributed by atoms with Gasteiger partial charge in [-0.2, -0.15) is 0 Å². The van der Waals surface area contributed by atoms with Crippen molar-refractivity contribution in [1.29, 1.82) is 0 Å². The van der Waals surface area contributed by atoms with Gasteiger partial charge in [-0.25, -0.2) is 4.79 Å². The Morgan fingerprint density at radius 1 is 1.60 bits per heavy atom. The Balaban J connectivity index is 0. The van der Waals surface area contributed by atoms with Crippen molar-refractivity contribution in [3.63, 3.8) is 0 Å². The molecule has 3 nitrogen and oxygen atoms in total. The summed E-state index contributed by atoms with van der Waals surface area (Å²) in [4.78, 5) is 9.25. The Bertz CT molecular complexity index is 131. The molecule has 0 fully saturated rings. The summed E-state index contributed by atoms with van der Waals surface area (Å²) < 4.78 is 0. The lowest BCUT2D eigenvalue weighted by molar-refractivity contribution is -0.131. The van der Waals surface area contributed by atoms with Crippen LogP contribution in [0.3, 0.4) is 0 Å². The fourth-order valence-corrected chi connectivity index (χ4v) is 0. The topological polar surface area (TPSA) is 57.5 Å². The molecule has 0 aliphatic heterocycles. The molecule has 0 unspecified atom stereocenters. The van der Waals surface area contributed by atoms with Crippen molar-refractivity contribution >= 4 is 17.6 Å². The molecule has 0 aromatic carbocycles. The number of carbonyl (C=O) groups is 1. The first-order valence-electron chi connectivity index (χ1n) is 2.32. The number of aliphatic hydroxyl groups is 1. The molecular formula is C6H9ClO3. The van der Waals surface area contributed by atoms with Gasteiger partial charge in [-0.15, -0.1) is 11.6 Å². The number of hydrogen-bond acceptors (Lipinski definition) is 2. The number of aliphatic hydroxyl groups excluding tert-OH is 1. The van der Waals surface area contributed by atoms with Gasteiger partial charge in [0, 0.05) is 6.08 Å². The zero-order valence-corrected chi connectivity index (χ0v) is 6.14. The van der Waals surface area contributed by atoms with Crippen LogP contribution in [-0.2, 0) is 4.79 Å². The smallest absolute Gasteiger partial charge is 0.327 e. The van der Waals surface area contributed by atoms with Crippen LogP contribution in [0.25, 0.3) is 0 Å². The quantitative estimate of drug-likeness (QED) is 0.370. The fraction of sp³-hybridized carbons (Fsp3) is 0.167. The first-order chi connectivity index (χ1) is 4.54. The number of rotatable bonds is 2. The highest BCUT2D eigenvalue weighted by Crippen LogP contribution is 1.82. The monoisotopic (exact) mass is 164 g/mol. The SMILES string of the molecule is C=C(O)CCl.C=CC(=O)O. The third-order valence-corrected chi connectivity index (χ3v) is 0.637. The minimum absolute atomic E-state index is 0.0201. The van der Waals surface area contributed by atoms with Crippen LogP contribution in [-0.4, -0.2) is 22.1 Å². The van der Waals surface area contributed by atoms with Crippen molar-refractivity contribution in [2.45, 2.75) is 0 Å². The maximum absolute atomic E-state index is 9.25. The van der Waals surface area contributed by atoms with E-state index in [1.807, 2.05) is 0 Å². The van der Waals surface area contributed by atoms with Crippen molar-refractivity contribution in [2.24, 2.45) is 0 Å². The number of alkyl halides is 1. The van der Waals surface area contributed by atoms with Gasteiger partial charge >= 0.3 is 5.97 Å². The molecule has 0 radical (unpaired) electrons. The third-order valence-electron chi connectivity index (χ3n) is 0.329. The van der Waals surface area contributed by atoms with E-state index in [0.29, 0.717) is 0 Å². The number of halogens is 1. The maximum Gasteiger partial charge on any atom is 0.327 e. The summed E-state index contributed by atoms with van der Waals surface area (Å²) in [6.45, 7) is 6.06. The minimum atomic E-state index is -0.981. The molecule has 0 saturated heterocycles. The summed E-state index contributed by atoms with van der Waals surface area (Å²) in [5.74, 6) is -0.823. The Morgan fingerprint density at radius 3 is 1.80 bits per heavy atom. The van der Waals surface area contributed by atoms with E-state index >= 15 is 0 Å². The number of aliphatic carboxylic acids is 1. The molecule has 0 rings (SSSR count). The highest BCUT2D eigenvalue weighted by molar-refractivity contribution is 6.19. The Hall–Kier alpha value is -0.960. The number of hydrogen-bond donors (Lipinski definition) is 2. The zero-order chi connectivity index (χ0) is 8.57. The molecule has 0 saturated carbocycles. The van der Waals surface area contributed by atoms with Gasteiger partial charge in [-0.1, -0.05) is 13.2 Å². The Morgan fingerprint density at radius 2 is 1.80 bits per heavy atom. The molecule has 4 heteroatoms. The van der Waals surface area contributed by atoms with Gasteiger partial charge in [0.1, 0.15) is 0 Å². The predicted octanol–water partition coefficient (Wildman–Crippen LogP) is 1.55. The molecule has 0 aromatic heterocycles. The lowest BCUT2D eigenvalue weighted by Crippen LogP contribution is -1.82. The molecular weight excluding hydrogens is 156 g/mol. The zero-order valence-electron chi connectivity index (χ0n) is 5.38. The average Bonchev–Trinajstić information content (AvgIpc) is 1.89. The molecule has 0 atom stereocenters. The molecule has 0 spiro atoms. The van der Waals surface area contributed by atoms with Gasteiger partial charge in [0.25, 0.3) is 0 Å². The van der Waals surface area contributed by atoms with Gasteiger partial charge in [0.05, 0.1) is 11.6 Å². The summed E-state index contributed by atoms with van der Waals surface area (Å²) in [6, 6.07) is 0. The van der Waals surface area contributed by atoms with Crippen molar-refractivity contribution in [2.75, 3.05) is 5.88 Å². The summed E-state index contributed by atoms with van der Waals surface area (Å²) in [7, 11) is 0. The molecule has 0 bridgehead atoms.